The molecule has 0 unspecified atom stereocenters. The Balaban J connectivity index is 1.41. The third-order valence-corrected chi connectivity index (χ3v) is 7.67. The standard InChI is InChI=1S/C27H24F2N4O3S/c1-3-10-37(35,36)32-21-6-5-20(28)25(26(21)29)24(34)12-16-11-19-14-22(31-27(19)30-15-16)17-4-7-23-18(13-17)8-9-33(23)2/h4-9,11,13-15,32H,3,10,12H2,1-2H3,(H,30,31). The molecule has 3 aromatic heterocycles. The van der Waals surface area contributed by atoms with Gasteiger partial charge in [-0.1, -0.05) is 13.0 Å². The van der Waals surface area contributed by atoms with Gasteiger partial charge >= 0.3 is 0 Å². The number of hydrogen-bond acceptors (Lipinski definition) is 4. The minimum absolute atomic E-state index is 0.226. The molecule has 0 fully saturated rings. The van der Waals surface area contributed by atoms with E-state index in [2.05, 4.69) is 20.8 Å². The average molecular weight is 523 g/mol. The van der Waals surface area contributed by atoms with Crippen molar-refractivity contribution in [3.8, 4) is 11.3 Å². The summed E-state index contributed by atoms with van der Waals surface area (Å²) < 4.78 is 57.7. The third kappa shape index (κ3) is 4.84. The molecule has 37 heavy (non-hydrogen) atoms. The molecule has 0 atom stereocenters. The van der Waals surface area contributed by atoms with Crippen LogP contribution in [0.3, 0.4) is 0 Å². The van der Waals surface area contributed by atoms with E-state index < -0.39 is 38.7 Å². The van der Waals surface area contributed by atoms with E-state index in [-0.39, 0.29) is 12.2 Å². The number of sulfonamides is 1. The second kappa shape index (κ2) is 9.44. The number of hydrogen-bond donors (Lipinski definition) is 2. The van der Waals surface area contributed by atoms with Crippen LogP contribution in [-0.2, 0) is 23.5 Å². The van der Waals surface area contributed by atoms with Gasteiger partial charge in [0.25, 0.3) is 0 Å². The van der Waals surface area contributed by atoms with Gasteiger partial charge in [0.05, 0.1) is 17.0 Å². The van der Waals surface area contributed by atoms with Crippen LogP contribution in [0.4, 0.5) is 14.5 Å². The Morgan fingerprint density at radius 1 is 1.08 bits per heavy atom. The number of Topliss-reactive ketones (excluding diaryl/α,β-unsaturated/α-hetero) is 1. The molecule has 0 amide bonds. The summed E-state index contributed by atoms with van der Waals surface area (Å²) in [7, 11) is -1.83. The van der Waals surface area contributed by atoms with Gasteiger partial charge in [-0.05, 0) is 60.0 Å². The van der Waals surface area contributed by atoms with Crippen LogP contribution in [0.1, 0.15) is 29.3 Å². The summed E-state index contributed by atoms with van der Waals surface area (Å²) >= 11 is 0. The van der Waals surface area contributed by atoms with Crippen molar-refractivity contribution in [3.63, 3.8) is 0 Å². The highest BCUT2D eigenvalue weighted by Gasteiger charge is 2.23. The van der Waals surface area contributed by atoms with Gasteiger partial charge in [0.2, 0.25) is 10.0 Å². The van der Waals surface area contributed by atoms with Gasteiger partial charge in [0.15, 0.2) is 11.6 Å². The van der Waals surface area contributed by atoms with Crippen LogP contribution in [-0.4, -0.2) is 34.5 Å². The summed E-state index contributed by atoms with van der Waals surface area (Å²) in [5, 5.41) is 1.84. The molecule has 5 rings (SSSR count). The first kappa shape index (κ1) is 24.6. The smallest absolute Gasteiger partial charge is 0.232 e. The fraction of sp³-hybridized carbons (Fsp3) is 0.185. The van der Waals surface area contributed by atoms with Crippen LogP contribution in [0.25, 0.3) is 33.2 Å². The molecule has 2 N–H and O–H groups in total. The zero-order valence-electron chi connectivity index (χ0n) is 20.2. The normalized spacial score (nSPS) is 11.9. The Hall–Kier alpha value is -4.05. The number of aryl methyl sites for hydroxylation is 1. The predicted molar refractivity (Wildman–Crippen MR) is 140 cm³/mol. The molecule has 0 saturated heterocycles. The van der Waals surface area contributed by atoms with Crippen LogP contribution in [0.2, 0.25) is 0 Å². The number of carbonyl (C=O) groups excluding carboxylic acids is 1. The molecule has 0 spiro atoms. The van der Waals surface area contributed by atoms with Crippen molar-refractivity contribution in [2.75, 3.05) is 10.5 Å². The summed E-state index contributed by atoms with van der Waals surface area (Å²) in [4.78, 5) is 20.5. The number of aromatic amines is 1. The molecule has 0 aliphatic carbocycles. The maximum atomic E-state index is 15.0. The molecular formula is C27H24F2N4O3S. The van der Waals surface area contributed by atoms with Gasteiger partial charge in [-0.2, -0.15) is 0 Å². The van der Waals surface area contributed by atoms with Gasteiger partial charge in [0, 0.05) is 47.8 Å². The predicted octanol–water partition coefficient (Wildman–Crippen LogP) is 5.58. The van der Waals surface area contributed by atoms with Crippen molar-refractivity contribution in [1.29, 1.82) is 0 Å². The molecule has 3 heterocycles. The lowest BCUT2D eigenvalue weighted by atomic mass is 10.0. The number of nitrogens with zero attached hydrogens (tertiary/aromatic N) is 2. The minimum Gasteiger partial charge on any atom is -0.351 e. The van der Waals surface area contributed by atoms with Crippen molar-refractivity contribution in [3.05, 3.63) is 83.7 Å². The number of rotatable bonds is 8. The number of ketones is 1. The van der Waals surface area contributed by atoms with E-state index >= 15 is 4.39 Å². The Kier molecular flexibility index (Phi) is 6.28. The lowest BCUT2D eigenvalue weighted by Gasteiger charge is -2.11. The number of aromatic nitrogens is 3. The highest BCUT2D eigenvalue weighted by molar-refractivity contribution is 7.92. The Morgan fingerprint density at radius 3 is 2.68 bits per heavy atom. The van der Waals surface area contributed by atoms with Crippen LogP contribution in [0, 0.1) is 11.6 Å². The van der Waals surface area contributed by atoms with Gasteiger partial charge in [-0.25, -0.2) is 22.2 Å². The van der Waals surface area contributed by atoms with E-state index in [0.717, 1.165) is 39.7 Å². The number of benzene rings is 2. The molecule has 190 valence electrons. The van der Waals surface area contributed by atoms with Crippen molar-refractivity contribution < 1.29 is 22.0 Å². The van der Waals surface area contributed by atoms with Crippen LogP contribution < -0.4 is 4.72 Å². The molecular weight excluding hydrogens is 498 g/mol. The fourth-order valence-electron chi connectivity index (χ4n) is 4.41. The maximum Gasteiger partial charge on any atom is 0.232 e. The molecule has 0 saturated carbocycles. The monoisotopic (exact) mass is 522 g/mol. The number of halogens is 2. The third-order valence-electron chi connectivity index (χ3n) is 6.20. The van der Waals surface area contributed by atoms with E-state index in [4.69, 9.17) is 0 Å². The van der Waals surface area contributed by atoms with Crippen molar-refractivity contribution >= 4 is 43.4 Å². The highest BCUT2D eigenvalue weighted by atomic mass is 32.2. The topological polar surface area (TPSA) is 96.8 Å². The van der Waals surface area contributed by atoms with Gasteiger partial charge in [-0.15, -0.1) is 0 Å². The van der Waals surface area contributed by atoms with E-state index in [1.807, 2.05) is 42.1 Å². The molecule has 0 aliphatic rings. The number of carbonyl (C=O) groups is 1. The number of pyridine rings is 1. The first-order chi connectivity index (χ1) is 17.6. The Morgan fingerprint density at radius 2 is 1.89 bits per heavy atom. The summed E-state index contributed by atoms with van der Waals surface area (Å²) in [5.74, 6) is -3.34. The summed E-state index contributed by atoms with van der Waals surface area (Å²) in [6.07, 6.45) is 3.48. The molecule has 0 radical (unpaired) electrons. The fourth-order valence-corrected chi connectivity index (χ4v) is 5.54. The van der Waals surface area contributed by atoms with Crippen molar-refractivity contribution in [1.82, 2.24) is 14.5 Å². The van der Waals surface area contributed by atoms with Gasteiger partial charge in [0.1, 0.15) is 11.5 Å². The van der Waals surface area contributed by atoms with E-state index in [1.165, 1.54) is 6.20 Å². The van der Waals surface area contributed by atoms with Crippen molar-refractivity contribution in [2.24, 2.45) is 7.05 Å². The van der Waals surface area contributed by atoms with Gasteiger partial charge < -0.3 is 9.55 Å². The maximum absolute atomic E-state index is 15.0. The lowest BCUT2D eigenvalue weighted by molar-refractivity contribution is 0.0985. The van der Waals surface area contributed by atoms with Gasteiger partial charge in [-0.3, -0.25) is 9.52 Å². The molecule has 2 aromatic carbocycles. The molecule has 0 aliphatic heterocycles. The highest BCUT2D eigenvalue weighted by Crippen LogP contribution is 2.28. The second-order valence-electron chi connectivity index (χ2n) is 8.97. The number of anilines is 1. The summed E-state index contributed by atoms with van der Waals surface area (Å²) in [5.41, 5.74) is 2.77. The lowest BCUT2D eigenvalue weighted by Crippen LogP contribution is -2.19. The van der Waals surface area contributed by atoms with Crippen LogP contribution in [0.15, 0.2) is 60.9 Å². The molecule has 7 nitrogen and oxygen atoms in total. The zero-order chi connectivity index (χ0) is 26.3. The van der Waals surface area contributed by atoms with Crippen molar-refractivity contribution in [2.45, 2.75) is 19.8 Å². The zero-order valence-corrected chi connectivity index (χ0v) is 21.0. The van der Waals surface area contributed by atoms with E-state index in [9.17, 15) is 17.6 Å². The quantitative estimate of drug-likeness (QED) is 0.260. The summed E-state index contributed by atoms with van der Waals surface area (Å²) in [6, 6.07) is 13.6. The molecule has 5 aromatic rings. The molecule has 0 bridgehead atoms. The number of H-pyrrole nitrogens is 1. The Bertz CT molecular complexity index is 1770. The first-order valence-corrected chi connectivity index (χ1v) is 13.3. The SMILES string of the molecule is CCCS(=O)(=O)Nc1ccc(F)c(C(=O)Cc2cnc3[nH]c(-c4ccc5c(ccn5C)c4)cc3c2)c1F. The second-order valence-corrected chi connectivity index (χ2v) is 10.8. The largest absolute Gasteiger partial charge is 0.351 e. The molecule has 10 heteroatoms. The number of fused-ring (bicyclic) bond motifs is 2. The Labute approximate surface area is 212 Å². The summed E-state index contributed by atoms with van der Waals surface area (Å²) in [6.45, 7) is 1.66. The average Bonchev–Trinajstić information content (AvgIpc) is 3.44. The number of nitrogens with one attached hydrogen (secondary N) is 2. The minimum atomic E-state index is -3.82. The van der Waals surface area contributed by atoms with E-state index in [1.54, 1.807) is 13.0 Å². The van der Waals surface area contributed by atoms with E-state index in [0.29, 0.717) is 17.6 Å². The van der Waals surface area contributed by atoms with Crippen LogP contribution >= 0.6 is 0 Å². The van der Waals surface area contributed by atoms with Crippen LogP contribution in [0.5, 0.6) is 0 Å². The first-order valence-electron chi connectivity index (χ1n) is 11.7.